The standard InChI is InChI=1S/C15H18ClNO/c1-15(2)8-6-11(7-9-15)18-14-5-3-4-13(16)12(14)10-17/h3-5,11H,6-9H2,1-2H3. The van der Waals surface area contributed by atoms with Crippen LogP contribution in [-0.2, 0) is 0 Å². The fourth-order valence-corrected chi connectivity index (χ4v) is 2.59. The zero-order valence-electron chi connectivity index (χ0n) is 10.9. The maximum Gasteiger partial charge on any atom is 0.139 e. The van der Waals surface area contributed by atoms with Crippen LogP contribution >= 0.6 is 11.6 Å². The third-order valence-corrected chi connectivity index (χ3v) is 3.98. The molecule has 0 radical (unpaired) electrons. The number of benzene rings is 1. The molecule has 0 N–H and O–H groups in total. The molecule has 0 heterocycles. The molecule has 2 nitrogen and oxygen atoms in total. The van der Waals surface area contributed by atoms with Crippen LogP contribution in [0.3, 0.4) is 0 Å². The van der Waals surface area contributed by atoms with E-state index in [9.17, 15) is 0 Å². The second kappa shape index (κ2) is 5.20. The van der Waals surface area contributed by atoms with E-state index in [0.29, 0.717) is 21.8 Å². The van der Waals surface area contributed by atoms with Gasteiger partial charge < -0.3 is 4.74 Å². The summed E-state index contributed by atoms with van der Waals surface area (Å²) in [6, 6.07) is 7.48. The van der Waals surface area contributed by atoms with Crippen LogP contribution in [0.2, 0.25) is 5.02 Å². The molecule has 0 aromatic heterocycles. The maximum atomic E-state index is 9.10. The Balaban J connectivity index is 2.07. The molecular weight excluding hydrogens is 246 g/mol. The van der Waals surface area contributed by atoms with Crippen molar-refractivity contribution in [3.8, 4) is 11.8 Å². The van der Waals surface area contributed by atoms with Crippen LogP contribution < -0.4 is 4.74 Å². The molecular formula is C15H18ClNO. The first kappa shape index (κ1) is 13.2. The lowest BCUT2D eigenvalue weighted by Gasteiger charge is -2.34. The zero-order valence-corrected chi connectivity index (χ0v) is 11.6. The summed E-state index contributed by atoms with van der Waals surface area (Å²) >= 11 is 5.99. The van der Waals surface area contributed by atoms with Crippen LogP contribution in [0.15, 0.2) is 18.2 Å². The molecule has 1 aliphatic rings. The molecule has 2 rings (SSSR count). The topological polar surface area (TPSA) is 33.0 Å². The van der Waals surface area contributed by atoms with E-state index < -0.39 is 0 Å². The second-order valence-corrected chi connectivity index (χ2v) is 6.11. The minimum Gasteiger partial charge on any atom is -0.489 e. The Morgan fingerprint density at radius 3 is 2.61 bits per heavy atom. The van der Waals surface area contributed by atoms with Gasteiger partial charge in [0.05, 0.1) is 11.1 Å². The first-order valence-corrected chi connectivity index (χ1v) is 6.75. The highest BCUT2D eigenvalue weighted by Gasteiger charge is 2.28. The van der Waals surface area contributed by atoms with Crippen molar-refractivity contribution in [3.63, 3.8) is 0 Å². The lowest BCUT2D eigenvalue weighted by molar-refractivity contribution is 0.0985. The molecule has 1 saturated carbocycles. The van der Waals surface area contributed by atoms with Crippen molar-refractivity contribution in [1.82, 2.24) is 0 Å². The molecule has 0 amide bonds. The number of nitrogens with zero attached hydrogens (tertiary/aromatic N) is 1. The molecule has 1 fully saturated rings. The summed E-state index contributed by atoms with van der Waals surface area (Å²) in [5, 5.41) is 9.56. The van der Waals surface area contributed by atoms with Crippen LogP contribution in [0.5, 0.6) is 5.75 Å². The largest absolute Gasteiger partial charge is 0.489 e. The molecule has 0 spiro atoms. The van der Waals surface area contributed by atoms with Crippen molar-refractivity contribution in [3.05, 3.63) is 28.8 Å². The molecule has 1 aromatic carbocycles. The molecule has 3 heteroatoms. The molecule has 0 saturated heterocycles. The van der Waals surface area contributed by atoms with Gasteiger partial charge in [-0.2, -0.15) is 5.26 Å². The summed E-state index contributed by atoms with van der Waals surface area (Å²) in [7, 11) is 0. The van der Waals surface area contributed by atoms with Gasteiger partial charge in [-0.25, -0.2) is 0 Å². The lowest BCUT2D eigenvalue weighted by Crippen LogP contribution is -2.28. The minimum atomic E-state index is 0.212. The summed E-state index contributed by atoms with van der Waals surface area (Å²) < 4.78 is 5.94. The van der Waals surface area contributed by atoms with E-state index >= 15 is 0 Å². The molecule has 1 aromatic rings. The van der Waals surface area contributed by atoms with E-state index in [1.165, 1.54) is 12.8 Å². The Morgan fingerprint density at radius 1 is 1.33 bits per heavy atom. The van der Waals surface area contributed by atoms with Gasteiger partial charge in [0, 0.05) is 0 Å². The third-order valence-electron chi connectivity index (χ3n) is 3.67. The van der Waals surface area contributed by atoms with Gasteiger partial charge in [-0.05, 0) is 43.2 Å². The van der Waals surface area contributed by atoms with E-state index in [1.807, 2.05) is 12.1 Å². The monoisotopic (exact) mass is 263 g/mol. The number of hydrogen-bond donors (Lipinski definition) is 0. The highest BCUT2D eigenvalue weighted by atomic mass is 35.5. The fraction of sp³-hybridized carbons (Fsp3) is 0.533. The molecule has 0 unspecified atom stereocenters. The van der Waals surface area contributed by atoms with Crippen molar-refractivity contribution in [2.75, 3.05) is 0 Å². The van der Waals surface area contributed by atoms with Crippen LogP contribution in [0.1, 0.15) is 45.1 Å². The molecule has 96 valence electrons. The summed E-state index contributed by atoms with van der Waals surface area (Å²) in [6.07, 6.45) is 4.64. The maximum absolute atomic E-state index is 9.10. The van der Waals surface area contributed by atoms with Crippen LogP contribution in [0.4, 0.5) is 0 Å². The summed E-state index contributed by atoms with van der Waals surface area (Å²) in [6.45, 7) is 4.59. The number of ether oxygens (including phenoxy) is 1. The summed E-state index contributed by atoms with van der Waals surface area (Å²) in [4.78, 5) is 0. The van der Waals surface area contributed by atoms with Gasteiger partial charge in [0.15, 0.2) is 0 Å². The van der Waals surface area contributed by atoms with E-state index in [0.717, 1.165) is 12.8 Å². The Hall–Kier alpha value is -1.20. The summed E-state index contributed by atoms with van der Waals surface area (Å²) in [5.74, 6) is 0.620. The average molecular weight is 264 g/mol. The van der Waals surface area contributed by atoms with Crippen molar-refractivity contribution in [1.29, 1.82) is 5.26 Å². The minimum absolute atomic E-state index is 0.212. The highest BCUT2D eigenvalue weighted by Crippen LogP contribution is 2.37. The van der Waals surface area contributed by atoms with Crippen LogP contribution in [0.25, 0.3) is 0 Å². The highest BCUT2D eigenvalue weighted by molar-refractivity contribution is 6.31. The van der Waals surface area contributed by atoms with Crippen LogP contribution in [0, 0.1) is 16.7 Å². The second-order valence-electron chi connectivity index (χ2n) is 5.71. The fourth-order valence-electron chi connectivity index (χ4n) is 2.38. The van der Waals surface area contributed by atoms with Crippen molar-refractivity contribution >= 4 is 11.6 Å². The molecule has 0 bridgehead atoms. The van der Waals surface area contributed by atoms with Gasteiger partial charge in [-0.1, -0.05) is 31.5 Å². The Morgan fingerprint density at radius 2 is 2.00 bits per heavy atom. The third kappa shape index (κ3) is 2.97. The van der Waals surface area contributed by atoms with Gasteiger partial charge in [0.1, 0.15) is 17.4 Å². The number of rotatable bonds is 2. The quantitative estimate of drug-likeness (QED) is 0.784. The predicted molar refractivity (Wildman–Crippen MR) is 72.8 cm³/mol. The Kier molecular flexibility index (Phi) is 3.82. The van der Waals surface area contributed by atoms with E-state index in [1.54, 1.807) is 6.07 Å². The van der Waals surface area contributed by atoms with Gasteiger partial charge in [0.25, 0.3) is 0 Å². The van der Waals surface area contributed by atoms with Gasteiger partial charge >= 0.3 is 0 Å². The predicted octanol–water partition coefficient (Wildman–Crippen LogP) is 4.56. The number of halogens is 1. The first-order valence-electron chi connectivity index (χ1n) is 6.37. The van der Waals surface area contributed by atoms with Gasteiger partial charge in [-0.15, -0.1) is 0 Å². The first-order chi connectivity index (χ1) is 8.52. The Labute approximate surface area is 114 Å². The number of nitriles is 1. The van der Waals surface area contributed by atoms with Crippen molar-refractivity contribution < 1.29 is 4.74 Å². The lowest BCUT2D eigenvalue weighted by atomic mass is 9.76. The van der Waals surface area contributed by atoms with Crippen molar-refractivity contribution in [2.24, 2.45) is 5.41 Å². The number of hydrogen-bond acceptors (Lipinski definition) is 2. The van der Waals surface area contributed by atoms with E-state index in [2.05, 4.69) is 19.9 Å². The van der Waals surface area contributed by atoms with Crippen molar-refractivity contribution in [2.45, 2.75) is 45.6 Å². The van der Waals surface area contributed by atoms with E-state index in [-0.39, 0.29) is 6.10 Å². The molecule has 0 aliphatic heterocycles. The Bertz CT molecular complexity index is 466. The van der Waals surface area contributed by atoms with E-state index in [4.69, 9.17) is 21.6 Å². The van der Waals surface area contributed by atoms with Gasteiger partial charge in [0.2, 0.25) is 0 Å². The molecule has 1 aliphatic carbocycles. The molecule has 18 heavy (non-hydrogen) atoms. The molecule has 0 atom stereocenters. The van der Waals surface area contributed by atoms with Gasteiger partial charge in [-0.3, -0.25) is 0 Å². The summed E-state index contributed by atoms with van der Waals surface area (Å²) in [5.41, 5.74) is 0.871. The normalized spacial score (nSPS) is 19.2. The average Bonchev–Trinajstić information content (AvgIpc) is 2.32. The SMILES string of the molecule is CC1(C)CCC(Oc2cccc(Cl)c2C#N)CC1. The smallest absolute Gasteiger partial charge is 0.139 e. The zero-order chi connectivity index (χ0) is 13.2. The van der Waals surface area contributed by atoms with Crippen LogP contribution in [-0.4, -0.2) is 6.10 Å².